The molecular formula is C16H42. The molecule has 0 nitrogen and oxygen atoms in total. The van der Waals surface area contributed by atoms with Crippen molar-refractivity contribution in [1.82, 2.24) is 0 Å². The van der Waals surface area contributed by atoms with Crippen LogP contribution in [-0.4, -0.2) is 0 Å². The minimum atomic E-state index is 0. The van der Waals surface area contributed by atoms with E-state index in [0.29, 0.717) is 0 Å². The highest BCUT2D eigenvalue weighted by molar-refractivity contribution is 4.45. The lowest BCUT2D eigenvalue weighted by molar-refractivity contribution is 0.562. The zero-order valence-corrected chi connectivity index (χ0v) is 8.94. The van der Waals surface area contributed by atoms with Crippen molar-refractivity contribution >= 4 is 0 Å². The molecule has 0 saturated heterocycles. The molecule has 0 aliphatic rings. The first-order valence-corrected chi connectivity index (χ1v) is 5.73. The third kappa shape index (κ3) is 29.2. The van der Waals surface area contributed by atoms with Crippen molar-refractivity contribution in [2.45, 2.75) is 108 Å². The van der Waals surface area contributed by atoms with E-state index in [1.54, 1.807) is 0 Å². The Kier molecular flexibility index (Phi) is 45.9. The highest BCUT2D eigenvalue weighted by Crippen LogP contribution is 2.09. The molecule has 0 fully saturated rings. The topological polar surface area (TPSA) is 0 Å². The van der Waals surface area contributed by atoms with Crippen molar-refractivity contribution in [1.29, 1.82) is 0 Å². The number of hydrogen-bond acceptors (Lipinski definition) is 0. The van der Waals surface area contributed by atoms with Crippen molar-refractivity contribution in [3.63, 3.8) is 0 Å². The second kappa shape index (κ2) is 29.4. The summed E-state index contributed by atoms with van der Waals surface area (Å²) in [7, 11) is 0. The number of rotatable bonds is 9. The van der Waals surface area contributed by atoms with Crippen LogP contribution in [0.3, 0.4) is 0 Å². The van der Waals surface area contributed by atoms with Crippen molar-refractivity contribution in [3.8, 4) is 0 Å². The van der Waals surface area contributed by atoms with Crippen LogP contribution < -0.4 is 0 Å². The van der Waals surface area contributed by atoms with Gasteiger partial charge >= 0.3 is 0 Å². The molecule has 0 aliphatic heterocycles. The zero-order valence-electron chi connectivity index (χ0n) is 9.94. The fourth-order valence-corrected chi connectivity index (χ4v) is 1.40. The molecule has 106 valence electrons. The highest BCUT2D eigenvalue weighted by Gasteiger charge is 1.90. The lowest BCUT2D eigenvalue weighted by Gasteiger charge is -1.99. The smallest absolute Gasteiger partial charge is 0.0267 e. The maximum atomic E-state index is 7.79. The van der Waals surface area contributed by atoms with Gasteiger partial charge in [-0.3, -0.25) is 0 Å². The van der Waals surface area contributed by atoms with Gasteiger partial charge in [-0.2, -0.15) is 0 Å². The Bertz CT molecular complexity index is 91.5. The van der Waals surface area contributed by atoms with E-state index in [0.717, 1.165) is 12.8 Å². The van der Waals surface area contributed by atoms with E-state index in [1.165, 1.54) is 44.9 Å². The van der Waals surface area contributed by atoms with Gasteiger partial charge in [-0.05, 0) is 0 Å². The van der Waals surface area contributed by atoms with Crippen LogP contribution in [0.2, 0.25) is 0 Å². The fraction of sp³-hybridized carbons (Fsp3) is 1.00. The second-order valence-electron chi connectivity index (χ2n) is 3.63. The van der Waals surface area contributed by atoms with Gasteiger partial charge in [0.1, 0.15) is 0 Å². The molecule has 0 saturated carbocycles. The predicted octanol–water partition coefficient (Wildman–Crippen LogP) is 7.47. The molecule has 0 rings (SSSR count). The molecule has 0 radical (unpaired) electrons. The Labute approximate surface area is 110 Å². The van der Waals surface area contributed by atoms with Crippen LogP contribution in [0.5, 0.6) is 0 Å². The van der Waals surface area contributed by atoms with Crippen molar-refractivity contribution in [2.75, 3.05) is 0 Å². The van der Waals surface area contributed by atoms with Gasteiger partial charge in [0.05, 0.1) is 0 Å². The van der Waals surface area contributed by atoms with Gasteiger partial charge in [-0.25, -0.2) is 0 Å². The van der Waals surface area contributed by atoms with Gasteiger partial charge < -0.3 is 0 Å². The van der Waals surface area contributed by atoms with Crippen LogP contribution >= 0.6 is 0 Å². The highest BCUT2D eigenvalue weighted by atomic mass is 14.0. The summed E-state index contributed by atoms with van der Waals surface area (Å²) in [6.45, 7) is 4.46. The van der Waals surface area contributed by atoms with Crippen molar-refractivity contribution < 1.29 is 1.37 Å². The molecule has 1 atom stereocenters. The molecule has 0 amide bonds. The summed E-state index contributed by atoms with van der Waals surface area (Å²) in [5.74, 6) is 0. The Morgan fingerprint density at radius 2 is 0.875 bits per heavy atom. The van der Waals surface area contributed by atoms with Crippen LogP contribution in [0.25, 0.3) is 0 Å². The maximum absolute atomic E-state index is 7.79. The van der Waals surface area contributed by atoms with Gasteiger partial charge in [-0.15, -0.1) is 0 Å². The summed E-state index contributed by atoms with van der Waals surface area (Å²) in [5, 5.41) is 0. The van der Waals surface area contributed by atoms with Crippen LogP contribution in [0, 0.1) is 0 Å². The average Bonchev–Trinajstić information content (AvgIpc) is 2.13. The van der Waals surface area contributed by atoms with Gasteiger partial charge in [0.25, 0.3) is 0 Å². The molecule has 0 aromatic rings. The molecule has 0 aromatic heterocycles. The molecule has 0 spiro atoms. The Morgan fingerprint density at radius 1 is 0.562 bits per heavy atom. The summed E-state index contributed by atoms with van der Waals surface area (Å²) >= 11 is 0. The molecule has 0 heterocycles. The van der Waals surface area contributed by atoms with Gasteiger partial charge in [0, 0.05) is 1.37 Å². The zero-order chi connectivity index (χ0) is 9.94. The summed E-state index contributed by atoms with van der Waals surface area (Å²) in [6.07, 6.45) is 11.6. The number of unbranched alkanes of at least 4 members (excludes halogenated alkanes) is 5. The average molecular weight is 237 g/mol. The third-order valence-corrected chi connectivity index (χ3v) is 2.27. The van der Waals surface area contributed by atoms with Crippen LogP contribution in [0.1, 0.15) is 109 Å². The van der Waals surface area contributed by atoms with Crippen molar-refractivity contribution in [3.05, 3.63) is 0 Å². The van der Waals surface area contributed by atoms with E-state index >= 15 is 0 Å². The predicted molar refractivity (Wildman–Crippen MR) is 84.4 cm³/mol. The Hall–Kier alpha value is 0. The summed E-state index contributed by atoms with van der Waals surface area (Å²) in [5.41, 5.74) is 0. The third-order valence-electron chi connectivity index (χ3n) is 2.27. The van der Waals surface area contributed by atoms with Gasteiger partial charge in [-0.1, -0.05) is 108 Å². The second-order valence-corrected chi connectivity index (χ2v) is 3.63. The first-order valence-electron chi connectivity index (χ1n) is 6.31. The molecule has 0 bridgehead atoms. The molecule has 16 heavy (non-hydrogen) atoms. The monoisotopic (exact) mass is 236 g/mol. The SMILES string of the molecule is C.C.C.C.[3H]C(CCCCC)CCCCCC. The minimum Gasteiger partial charge on any atom is -0.0776 e. The lowest BCUT2D eigenvalue weighted by atomic mass is 10.1. The first-order chi connectivity index (χ1) is 6.31. The van der Waals surface area contributed by atoms with Crippen molar-refractivity contribution in [2.24, 2.45) is 0 Å². The molecule has 0 N–H and O–H groups in total. The molecule has 1 unspecified atom stereocenters. The number of hydrogen-bond donors (Lipinski definition) is 0. The van der Waals surface area contributed by atoms with Crippen LogP contribution in [0.4, 0.5) is 0 Å². The Balaban J connectivity index is -0.000000120. The molecule has 0 heteroatoms. The van der Waals surface area contributed by atoms with E-state index < -0.39 is 0 Å². The van der Waals surface area contributed by atoms with Gasteiger partial charge in [0.2, 0.25) is 0 Å². The Morgan fingerprint density at radius 3 is 1.25 bits per heavy atom. The van der Waals surface area contributed by atoms with E-state index in [2.05, 4.69) is 13.8 Å². The maximum Gasteiger partial charge on any atom is 0.0267 e. The normalized spacial score (nSPS) is 10.8. The van der Waals surface area contributed by atoms with Crippen LogP contribution in [0.15, 0.2) is 0 Å². The summed E-state index contributed by atoms with van der Waals surface area (Å²) in [6, 6.07) is 0. The van der Waals surface area contributed by atoms with Crippen LogP contribution in [-0.2, 0) is 0 Å². The van der Waals surface area contributed by atoms with E-state index in [1.807, 2.05) is 0 Å². The molecular weight excluding hydrogens is 192 g/mol. The largest absolute Gasteiger partial charge is 0.0776 e. The minimum absolute atomic E-state index is 0. The molecule has 0 aromatic carbocycles. The lowest BCUT2D eigenvalue weighted by Crippen LogP contribution is -1.80. The quantitative estimate of drug-likeness (QED) is 0.364. The summed E-state index contributed by atoms with van der Waals surface area (Å²) in [4.78, 5) is 0. The summed E-state index contributed by atoms with van der Waals surface area (Å²) < 4.78 is 7.79. The van der Waals surface area contributed by atoms with E-state index in [9.17, 15) is 0 Å². The standard InChI is InChI=1S/C12H26.4CH4/c1-3-5-7-9-11-12-10-8-6-4-2;;;;/h3-12H2,1-2H3;4*1H4/i11T;;;;. The first kappa shape index (κ1) is 25.0. The fourth-order valence-electron chi connectivity index (χ4n) is 1.40. The molecule has 0 aliphatic carbocycles. The van der Waals surface area contributed by atoms with E-state index in [4.69, 9.17) is 1.37 Å². The van der Waals surface area contributed by atoms with Gasteiger partial charge in [0.15, 0.2) is 0 Å². The van der Waals surface area contributed by atoms with E-state index in [-0.39, 0.29) is 36.1 Å².